The van der Waals surface area contributed by atoms with Crippen LogP contribution in [0.2, 0.25) is 10.0 Å². The van der Waals surface area contributed by atoms with Crippen LogP contribution in [0, 0.1) is 0 Å². The Bertz CT molecular complexity index is 663. The van der Waals surface area contributed by atoms with Crippen molar-refractivity contribution in [3.05, 3.63) is 27.7 Å². The van der Waals surface area contributed by atoms with Crippen molar-refractivity contribution in [1.29, 1.82) is 0 Å². The van der Waals surface area contributed by atoms with Crippen LogP contribution in [0.1, 0.15) is 17.3 Å². The Labute approximate surface area is 135 Å². The highest BCUT2D eigenvalue weighted by atomic mass is 35.5. The third-order valence-electron chi connectivity index (χ3n) is 2.46. The summed E-state index contributed by atoms with van der Waals surface area (Å²) in [7, 11) is 1.42. The zero-order valence-corrected chi connectivity index (χ0v) is 13.6. The summed E-state index contributed by atoms with van der Waals surface area (Å²) in [6.07, 6.45) is 0. The molecule has 0 aliphatic carbocycles. The van der Waals surface area contributed by atoms with Gasteiger partial charge in [0.05, 0.1) is 17.2 Å². The molecule has 9 heteroatoms. The molecule has 0 fully saturated rings. The van der Waals surface area contributed by atoms with Crippen molar-refractivity contribution in [2.75, 3.05) is 18.2 Å². The third kappa shape index (κ3) is 3.61. The van der Waals surface area contributed by atoms with Gasteiger partial charge < -0.3 is 4.74 Å². The van der Waals surface area contributed by atoms with E-state index in [0.29, 0.717) is 10.2 Å². The molecule has 2 aromatic rings. The summed E-state index contributed by atoms with van der Waals surface area (Å²) in [4.78, 5) is 16.4. The molecule has 2 rings (SSSR count). The van der Waals surface area contributed by atoms with Gasteiger partial charge >= 0.3 is 0 Å². The Morgan fingerprint density at radius 2 is 2.14 bits per heavy atom. The summed E-state index contributed by atoms with van der Waals surface area (Å²) in [6, 6.07) is 3.09. The molecule has 0 spiro atoms. The molecule has 1 aromatic heterocycles. The number of aromatic nitrogens is 3. The number of anilines is 1. The van der Waals surface area contributed by atoms with Crippen LogP contribution in [0.4, 0.5) is 5.95 Å². The SMILES string of the molecule is CCSc1n[nH]c(NC(=O)c2c(Cl)ccc(Cl)c2OC)n1. The molecule has 0 saturated heterocycles. The first-order valence-electron chi connectivity index (χ1n) is 5.95. The molecule has 0 saturated carbocycles. The number of ether oxygens (including phenoxy) is 1. The van der Waals surface area contributed by atoms with Crippen molar-refractivity contribution in [2.45, 2.75) is 12.1 Å². The molecule has 6 nitrogen and oxygen atoms in total. The van der Waals surface area contributed by atoms with E-state index in [9.17, 15) is 4.79 Å². The van der Waals surface area contributed by atoms with E-state index in [1.54, 1.807) is 6.07 Å². The van der Waals surface area contributed by atoms with Gasteiger partial charge in [-0.1, -0.05) is 41.9 Å². The largest absolute Gasteiger partial charge is 0.494 e. The normalized spacial score (nSPS) is 10.5. The van der Waals surface area contributed by atoms with E-state index >= 15 is 0 Å². The van der Waals surface area contributed by atoms with Gasteiger partial charge in [-0.15, -0.1) is 5.10 Å². The molecule has 1 heterocycles. The lowest BCUT2D eigenvalue weighted by Gasteiger charge is -2.11. The summed E-state index contributed by atoms with van der Waals surface area (Å²) >= 11 is 13.5. The second-order valence-corrected chi connectivity index (χ2v) is 5.84. The molecule has 21 heavy (non-hydrogen) atoms. The molecule has 0 atom stereocenters. The van der Waals surface area contributed by atoms with Crippen LogP contribution in [-0.4, -0.2) is 34.0 Å². The number of hydrogen-bond acceptors (Lipinski definition) is 5. The quantitative estimate of drug-likeness (QED) is 0.810. The molecule has 2 N–H and O–H groups in total. The lowest BCUT2D eigenvalue weighted by Crippen LogP contribution is -2.15. The van der Waals surface area contributed by atoms with Gasteiger partial charge in [0.25, 0.3) is 5.91 Å². The van der Waals surface area contributed by atoms with E-state index in [2.05, 4.69) is 20.5 Å². The summed E-state index contributed by atoms with van der Waals surface area (Å²) in [5.41, 5.74) is 0.146. The van der Waals surface area contributed by atoms with Gasteiger partial charge in [-0.3, -0.25) is 10.1 Å². The number of nitrogens with one attached hydrogen (secondary N) is 2. The van der Waals surface area contributed by atoms with Gasteiger partial charge in [-0.25, -0.2) is 5.10 Å². The van der Waals surface area contributed by atoms with Crippen molar-refractivity contribution < 1.29 is 9.53 Å². The van der Waals surface area contributed by atoms with E-state index < -0.39 is 5.91 Å². The highest BCUT2D eigenvalue weighted by Gasteiger charge is 2.20. The van der Waals surface area contributed by atoms with Gasteiger partial charge in [0.1, 0.15) is 5.56 Å². The van der Waals surface area contributed by atoms with Crippen LogP contribution in [0.3, 0.4) is 0 Å². The highest BCUT2D eigenvalue weighted by molar-refractivity contribution is 7.99. The number of methoxy groups -OCH3 is 1. The lowest BCUT2D eigenvalue weighted by molar-refractivity contribution is 0.102. The summed E-state index contributed by atoms with van der Waals surface area (Å²) in [6.45, 7) is 1.98. The maximum atomic E-state index is 12.3. The summed E-state index contributed by atoms with van der Waals surface area (Å²) < 4.78 is 5.13. The average molecular weight is 347 g/mol. The molecule has 0 unspecified atom stereocenters. The number of nitrogens with zero attached hydrogens (tertiary/aromatic N) is 2. The number of aromatic amines is 1. The number of hydrogen-bond donors (Lipinski definition) is 2. The Hall–Kier alpha value is -1.44. The second kappa shape index (κ2) is 7.02. The van der Waals surface area contributed by atoms with Crippen molar-refractivity contribution in [2.24, 2.45) is 0 Å². The molecule has 0 aliphatic rings. The van der Waals surface area contributed by atoms with E-state index in [1.165, 1.54) is 24.9 Å². The minimum absolute atomic E-state index is 0.146. The fraction of sp³-hybridized carbons (Fsp3) is 0.250. The smallest absolute Gasteiger partial charge is 0.263 e. The predicted molar refractivity (Wildman–Crippen MR) is 83.7 cm³/mol. The van der Waals surface area contributed by atoms with Crippen LogP contribution in [0.15, 0.2) is 17.3 Å². The number of benzene rings is 1. The average Bonchev–Trinajstić information content (AvgIpc) is 2.88. The molecular weight excluding hydrogens is 335 g/mol. The third-order valence-corrected chi connectivity index (χ3v) is 3.80. The number of rotatable bonds is 5. The van der Waals surface area contributed by atoms with Crippen molar-refractivity contribution in [1.82, 2.24) is 15.2 Å². The molecule has 1 aromatic carbocycles. The molecule has 0 aliphatic heterocycles. The standard InChI is InChI=1S/C12H12Cl2N4O2S/c1-3-21-12-16-11(17-18-12)15-10(19)8-6(13)4-5-7(14)9(8)20-2/h4-5H,3H2,1-2H3,(H2,15,16,17,18,19). The number of carbonyl (C=O) groups is 1. The number of amides is 1. The van der Waals surface area contributed by atoms with Crippen LogP contribution in [0.25, 0.3) is 0 Å². The topological polar surface area (TPSA) is 79.9 Å². The van der Waals surface area contributed by atoms with Crippen molar-refractivity contribution in [3.8, 4) is 5.75 Å². The Balaban J connectivity index is 2.25. The van der Waals surface area contributed by atoms with Crippen molar-refractivity contribution >= 4 is 46.8 Å². The van der Waals surface area contributed by atoms with Gasteiger partial charge in [-0.2, -0.15) is 4.98 Å². The monoisotopic (exact) mass is 346 g/mol. The van der Waals surface area contributed by atoms with E-state index in [1.807, 2.05) is 6.92 Å². The Kier molecular flexibility index (Phi) is 5.33. The summed E-state index contributed by atoms with van der Waals surface area (Å²) in [5, 5.41) is 10.2. The van der Waals surface area contributed by atoms with Gasteiger partial charge in [0.2, 0.25) is 11.1 Å². The van der Waals surface area contributed by atoms with Crippen LogP contribution >= 0.6 is 35.0 Å². The van der Waals surface area contributed by atoms with Gasteiger partial charge in [0.15, 0.2) is 5.75 Å². The van der Waals surface area contributed by atoms with Crippen LogP contribution < -0.4 is 10.1 Å². The molecule has 1 amide bonds. The van der Waals surface area contributed by atoms with Crippen molar-refractivity contribution in [3.63, 3.8) is 0 Å². The first kappa shape index (κ1) is 15.9. The van der Waals surface area contributed by atoms with Crippen LogP contribution in [-0.2, 0) is 0 Å². The van der Waals surface area contributed by atoms with Gasteiger partial charge in [0, 0.05) is 0 Å². The number of H-pyrrole nitrogens is 1. The summed E-state index contributed by atoms with van der Waals surface area (Å²) in [5.74, 6) is 0.793. The van der Waals surface area contributed by atoms with E-state index in [4.69, 9.17) is 27.9 Å². The Morgan fingerprint density at radius 3 is 2.81 bits per heavy atom. The molecule has 0 bridgehead atoms. The van der Waals surface area contributed by atoms with E-state index in [-0.39, 0.29) is 22.3 Å². The van der Waals surface area contributed by atoms with Gasteiger partial charge in [-0.05, 0) is 17.9 Å². The fourth-order valence-electron chi connectivity index (χ4n) is 1.61. The lowest BCUT2D eigenvalue weighted by atomic mass is 10.2. The molecular formula is C12H12Cl2N4O2S. The zero-order valence-electron chi connectivity index (χ0n) is 11.2. The first-order valence-corrected chi connectivity index (χ1v) is 7.69. The minimum atomic E-state index is -0.483. The number of thioether (sulfide) groups is 1. The van der Waals surface area contributed by atoms with Crippen LogP contribution in [0.5, 0.6) is 5.75 Å². The fourth-order valence-corrected chi connectivity index (χ4v) is 2.60. The first-order chi connectivity index (χ1) is 10.1. The maximum Gasteiger partial charge on any atom is 0.263 e. The molecule has 112 valence electrons. The predicted octanol–water partition coefficient (Wildman–Crippen LogP) is 3.48. The maximum absolute atomic E-state index is 12.3. The second-order valence-electron chi connectivity index (χ2n) is 3.79. The zero-order chi connectivity index (χ0) is 15.4. The number of halogens is 2. The highest BCUT2D eigenvalue weighted by Crippen LogP contribution is 2.34. The Morgan fingerprint density at radius 1 is 1.43 bits per heavy atom. The van der Waals surface area contributed by atoms with E-state index in [0.717, 1.165) is 5.75 Å². The minimum Gasteiger partial charge on any atom is -0.494 e. The number of carbonyl (C=O) groups excluding carboxylic acids is 1. The molecule has 0 radical (unpaired) electrons.